The molecule has 2 aromatic carbocycles. The summed E-state index contributed by atoms with van der Waals surface area (Å²) in [7, 11) is 1.55. The number of rotatable bonds is 4. The van der Waals surface area contributed by atoms with Crippen molar-refractivity contribution in [1.29, 1.82) is 5.26 Å². The molecule has 0 saturated carbocycles. The Hall–Kier alpha value is -2.67. The van der Waals surface area contributed by atoms with Crippen molar-refractivity contribution in [3.05, 3.63) is 53.6 Å². The van der Waals surface area contributed by atoms with Gasteiger partial charge in [0.2, 0.25) is 0 Å². The Balaban J connectivity index is 2.08. The highest BCUT2D eigenvalue weighted by molar-refractivity contribution is 5.49. The fourth-order valence-electron chi connectivity index (χ4n) is 1.74. The maximum Gasteiger partial charge on any atom is 0.136 e. The van der Waals surface area contributed by atoms with E-state index < -0.39 is 0 Å². The molecule has 19 heavy (non-hydrogen) atoms. The van der Waals surface area contributed by atoms with Crippen molar-refractivity contribution in [3.63, 3.8) is 0 Å². The molecule has 0 aliphatic carbocycles. The Labute approximate surface area is 111 Å². The quantitative estimate of drug-likeness (QED) is 0.823. The van der Waals surface area contributed by atoms with E-state index in [1.165, 1.54) is 0 Å². The molecule has 2 N–H and O–H groups in total. The van der Waals surface area contributed by atoms with E-state index in [4.69, 9.17) is 10.00 Å². The van der Waals surface area contributed by atoms with Crippen molar-refractivity contribution < 1.29 is 9.84 Å². The van der Waals surface area contributed by atoms with Gasteiger partial charge in [0.25, 0.3) is 0 Å². The van der Waals surface area contributed by atoms with Gasteiger partial charge in [-0.25, -0.2) is 0 Å². The van der Waals surface area contributed by atoms with Gasteiger partial charge in [-0.1, -0.05) is 6.07 Å². The summed E-state index contributed by atoms with van der Waals surface area (Å²) in [6.45, 7) is 0.601. The molecule has 0 bridgehead atoms. The molecule has 2 aromatic rings. The molecule has 0 heterocycles. The second-order valence-electron chi connectivity index (χ2n) is 4.05. The van der Waals surface area contributed by atoms with Gasteiger partial charge in [-0.15, -0.1) is 0 Å². The smallest absolute Gasteiger partial charge is 0.136 e. The van der Waals surface area contributed by atoms with E-state index in [2.05, 4.69) is 11.4 Å². The minimum absolute atomic E-state index is 0.238. The van der Waals surface area contributed by atoms with Crippen LogP contribution in [0.2, 0.25) is 0 Å². The van der Waals surface area contributed by atoms with E-state index in [9.17, 15) is 5.11 Å². The number of phenolic OH excluding ortho intramolecular Hbond substituents is 1. The standard InChI is InChI=1S/C15H14N2O2/c1-19-15-7-2-11(8-12(15)9-16)10-17-13-3-5-14(18)6-4-13/h2-8,17-18H,10H2,1H3. The van der Waals surface area contributed by atoms with Gasteiger partial charge in [-0.3, -0.25) is 0 Å². The molecule has 2 rings (SSSR count). The van der Waals surface area contributed by atoms with Crippen molar-refractivity contribution in [2.45, 2.75) is 6.54 Å². The van der Waals surface area contributed by atoms with E-state index >= 15 is 0 Å². The zero-order chi connectivity index (χ0) is 13.7. The van der Waals surface area contributed by atoms with E-state index in [0.717, 1.165) is 11.3 Å². The van der Waals surface area contributed by atoms with E-state index in [-0.39, 0.29) is 5.75 Å². The molecule has 4 heteroatoms. The Morgan fingerprint density at radius 3 is 2.58 bits per heavy atom. The summed E-state index contributed by atoms with van der Waals surface area (Å²) >= 11 is 0. The Morgan fingerprint density at radius 2 is 1.95 bits per heavy atom. The van der Waals surface area contributed by atoms with Crippen LogP contribution in [0.1, 0.15) is 11.1 Å². The maximum atomic E-state index is 9.19. The summed E-state index contributed by atoms with van der Waals surface area (Å²) < 4.78 is 5.10. The van der Waals surface area contributed by atoms with E-state index in [1.807, 2.05) is 6.07 Å². The zero-order valence-corrected chi connectivity index (χ0v) is 10.6. The van der Waals surface area contributed by atoms with Crippen LogP contribution < -0.4 is 10.1 Å². The molecular weight excluding hydrogens is 240 g/mol. The number of ether oxygens (including phenoxy) is 1. The maximum absolute atomic E-state index is 9.19. The topological polar surface area (TPSA) is 65.3 Å². The van der Waals surface area contributed by atoms with Crippen molar-refractivity contribution in [3.8, 4) is 17.6 Å². The van der Waals surface area contributed by atoms with Gasteiger partial charge in [-0.2, -0.15) is 5.26 Å². The zero-order valence-electron chi connectivity index (χ0n) is 10.6. The number of aromatic hydroxyl groups is 1. The van der Waals surface area contributed by atoms with Crippen molar-refractivity contribution in [2.75, 3.05) is 12.4 Å². The second-order valence-corrected chi connectivity index (χ2v) is 4.05. The Bertz CT molecular complexity index is 601. The largest absolute Gasteiger partial charge is 0.508 e. The predicted molar refractivity (Wildman–Crippen MR) is 73.1 cm³/mol. The summed E-state index contributed by atoms with van der Waals surface area (Å²) in [6.07, 6.45) is 0. The van der Waals surface area contributed by atoms with Gasteiger partial charge in [0.15, 0.2) is 0 Å². The van der Waals surface area contributed by atoms with Crippen LogP contribution in [0.3, 0.4) is 0 Å². The summed E-state index contributed by atoms with van der Waals surface area (Å²) in [5.74, 6) is 0.817. The third-order valence-electron chi connectivity index (χ3n) is 2.75. The summed E-state index contributed by atoms with van der Waals surface area (Å²) in [5, 5.41) is 21.4. The normalized spacial score (nSPS) is 9.68. The van der Waals surface area contributed by atoms with Gasteiger partial charge in [0.1, 0.15) is 17.6 Å². The Kier molecular flexibility index (Phi) is 3.89. The minimum Gasteiger partial charge on any atom is -0.508 e. The highest BCUT2D eigenvalue weighted by atomic mass is 16.5. The first-order valence-corrected chi connectivity index (χ1v) is 5.83. The highest BCUT2D eigenvalue weighted by Gasteiger charge is 2.03. The fraction of sp³-hybridized carbons (Fsp3) is 0.133. The highest BCUT2D eigenvalue weighted by Crippen LogP contribution is 2.20. The summed E-state index contributed by atoms with van der Waals surface area (Å²) in [4.78, 5) is 0. The van der Waals surface area contributed by atoms with Gasteiger partial charge >= 0.3 is 0 Å². The number of phenols is 1. The first-order chi connectivity index (χ1) is 9.22. The number of methoxy groups -OCH3 is 1. The second kappa shape index (κ2) is 5.78. The lowest BCUT2D eigenvalue weighted by atomic mass is 10.1. The predicted octanol–water partition coefficient (Wildman–Crippen LogP) is 2.88. The van der Waals surface area contributed by atoms with Crippen LogP contribution in [0.25, 0.3) is 0 Å². The van der Waals surface area contributed by atoms with Crippen LogP contribution in [0.4, 0.5) is 5.69 Å². The molecule has 0 aliphatic heterocycles. The molecule has 0 fully saturated rings. The lowest BCUT2D eigenvalue weighted by Gasteiger charge is -2.08. The molecule has 0 aromatic heterocycles. The molecule has 96 valence electrons. The van der Waals surface area contributed by atoms with Gasteiger partial charge in [0.05, 0.1) is 12.7 Å². The molecule has 0 radical (unpaired) electrons. The number of nitrogens with one attached hydrogen (secondary N) is 1. The molecule has 0 aliphatic rings. The summed E-state index contributed by atoms with van der Waals surface area (Å²) in [6, 6.07) is 14.4. The van der Waals surface area contributed by atoms with Crippen LogP contribution in [-0.4, -0.2) is 12.2 Å². The number of anilines is 1. The van der Waals surface area contributed by atoms with Crippen LogP contribution in [-0.2, 0) is 6.54 Å². The summed E-state index contributed by atoms with van der Waals surface area (Å²) in [5.41, 5.74) is 2.42. The van der Waals surface area contributed by atoms with Crippen LogP contribution in [0.5, 0.6) is 11.5 Å². The fourth-order valence-corrected chi connectivity index (χ4v) is 1.74. The number of benzene rings is 2. The molecule has 0 atom stereocenters. The van der Waals surface area contributed by atoms with Crippen molar-refractivity contribution in [2.24, 2.45) is 0 Å². The lowest BCUT2D eigenvalue weighted by molar-refractivity contribution is 0.413. The van der Waals surface area contributed by atoms with Gasteiger partial charge in [-0.05, 0) is 42.0 Å². The lowest BCUT2D eigenvalue weighted by Crippen LogP contribution is -2.00. The van der Waals surface area contributed by atoms with Crippen LogP contribution in [0.15, 0.2) is 42.5 Å². The molecule has 0 spiro atoms. The van der Waals surface area contributed by atoms with Gasteiger partial charge in [0, 0.05) is 12.2 Å². The van der Waals surface area contributed by atoms with Gasteiger partial charge < -0.3 is 15.2 Å². The van der Waals surface area contributed by atoms with Crippen LogP contribution >= 0.6 is 0 Å². The molecular formula is C15H14N2O2. The van der Waals surface area contributed by atoms with Crippen molar-refractivity contribution >= 4 is 5.69 Å². The third kappa shape index (κ3) is 3.17. The monoisotopic (exact) mass is 254 g/mol. The first kappa shape index (κ1) is 12.8. The Morgan fingerprint density at radius 1 is 1.21 bits per heavy atom. The molecule has 0 unspecified atom stereocenters. The molecule has 4 nitrogen and oxygen atoms in total. The number of nitriles is 1. The minimum atomic E-state index is 0.238. The van der Waals surface area contributed by atoms with Crippen LogP contribution in [0, 0.1) is 11.3 Å². The molecule has 0 amide bonds. The average Bonchev–Trinajstić information content (AvgIpc) is 2.46. The van der Waals surface area contributed by atoms with E-state index in [1.54, 1.807) is 43.5 Å². The third-order valence-corrected chi connectivity index (χ3v) is 2.75. The number of hydrogen-bond donors (Lipinski definition) is 2. The number of hydrogen-bond acceptors (Lipinski definition) is 4. The molecule has 0 saturated heterocycles. The SMILES string of the molecule is COc1ccc(CNc2ccc(O)cc2)cc1C#N. The average molecular weight is 254 g/mol. The number of nitrogens with zero attached hydrogens (tertiary/aromatic N) is 1. The van der Waals surface area contributed by atoms with E-state index in [0.29, 0.717) is 17.9 Å². The van der Waals surface area contributed by atoms with Crippen molar-refractivity contribution in [1.82, 2.24) is 0 Å². The first-order valence-electron chi connectivity index (χ1n) is 5.83.